The van der Waals surface area contributed by atoms with Crippen molar-refractivity contribution in [3.63, 3.8) is 0 Å². The molecule has 1 fully saturated rings. The average Bonchev–Trinajstić information content (AvgIpc) is 3.49. The summed E-state index contributed by atoms with van der Waals surface area (Å²) in [5, 5.41) is 4.29. The molecule has 1 N–H and O–H groups in total. The fourth-order valence-electron chi connectivity index (χ4n) is 4.12. The Morgan fingerprint density at radius 3 is 2.50 bits per heavy atom. The van der Waals surface area contributed by atoms with Crippen LogP contribution in [0.2, 0.25) is 0 Å². The van der Waals surface area contributed by atoms with E-state index in [9.17, 15) is 0 Å². The SMILES string of the molecule is c1ccc(COc2ccc(Nc3ncnc4cnc(-c5cccc(C6OCCO6)c5)cc34)cc2)cc1. The van der Waals surface area contributed by atoms with Crippen LogP contribution in [0, 0.1) is 0 Å². The van der Waals surface area contributed by atoms with Crippen molar-refractivity contribution < 1.29 is 14.2 Å². The maximum absolute atomic E-state index is 5.90. The topological polar surface area (TPSA) is 78.4 Å². The number of fused-ring (bicyclic) bond motifs is 1. The van der Waals surface area contributed by atoms with E-state index >= 15 is 0 Å². The van der Waals surface area contributed by atoms with Crippen LogP contribution in [-0.4, -0.2) is 28.2 Å². The molecule has 0 atom stereocenters. The Labute approximate surface area is 208 Å². The monoisotopic (exact) mass is 476 g/mol. The number of aromatic nitrogens is 3. The maximum Gasteiger partial charge on any atom is 0.184 e. The van der Waals surface area contributed by atoms with Gasteiger partial charge >= 0.3 is 0 Å². The first-order valence-electron chi connectivity index (χ1n) is 11.8. The number of benzene rings is 3. The Hall–Kier alpha value is -4.33. The van der Waals surface area contributed by atoms with Gasteiger partial charge < -0.3 is 19.5 Å². The van der Waals surface area contributed by atoms with Crippen LogP contribution in [0.15, 0.2) is 97.5 Å². The molecule has 0 radical (unpaired) electrons. The van der Waals surface area contributed by atoms with Crippen molar-refractivity contribution >= 4 is 22.4 Å². The summed E-state index contributed by atoms with van der Waals surface area (Å²) in [5.41, 5.74) is 5.57. The average molecular weight is 477 g/mol. The van der Waals surface area contributed by atoms with Gasteiger partial charge in [-0.25, -0.2) is 9.97 Å². The van der Waals surface area contributed by atoms with Crippen LogP contribution in [0.5, 0.6) is 5.75 Å². The van der Waals surface area contributed by atoms with Crippen molar-refractivity contribution in [2.75, 3.05) is 18.5 Å². The number of pyridine rings is 1. The lowest BCUT2D eigenvalue weighted by molar-refractivity contribution is -0.0440. The van der Waals surface area contributed by atoms with E-state index in [1.54, 1.807) is 12.5 Å². The minimum atomic E-state index is -0.328. The fourth-order valence-corrected chi connectivity index (χ4v) is 4.12. The number of nitrogens with one attached hydrogen (secondary N) is 1. The minimum absolute atomic E-state index is 0.328. The molecule has 1 saturated heterocycles. The van der Waals surface area contributed by atoms with Crippen molar-refractivity contribution in [2.45, 2.75) is 12.9 Å². The van der Waals surface area contributed by atoms with Crippen molar-refractivity contribution in [2.24, 2.45) is 0 Å². The Balaban J connectivity index is 1.22. The predicted molar refractivity (Wildman–Crippen MR) is 138 cm³/mol. The normalized spacial score (nSPS) is 13.7. The Morgan fingerprint density at radius 1 is 0.833 bits per heavy atom. The van der Waals surface area contributed by atoms with Gasteiger partial charge in [-0.2, -0.15) is 0 Å². The van der Waals surface area contributed by atoms with Gasteiger partial charge in [0.25, 0.3) is 0 Å². The third-order valence-electron chi connectivity index (χ3n) is 5.96. The molecule has 3 aromatic carbocycles. The van der Waals surface area contributed by atoms with Gasteiger partial charge in [0.2, 0.25) is 0 Å². The summed E-state index contributed by atoms with van der Waals surface area (Å²) in [6.45, 7) is 1.74. The van der Waals surface area contributed by atoms with E-state index in [1.165, 1.54) is 0 Å². The van der Waals surface area contributed by atoms with Gasteiger partial charge in [0.1, 0.15) is 24.5 Å². The number of nitrogens with zero attached hydrogens (tertiary/aromatic N) is 3. The van der Waals surface area contributed by atoms with Gasteiger partial charge in [-0.3, -0.25) is 4.98 Å². The van der Waals surface area contributed by atoms with Crippen molar-refractivity contribution in [1.82, 2.24) is 15.0 Å². The second-order valence-electron chi connectivity index (χ2n) is 8.43. The van der Waals surface area contributed by atoms with E-state index in [4.69, 9.17) is 14.2 Å². The lowest BCUT2D eigenvalue weighted by atomic mass is 10.1. The summed E-state index contributed by atoms with van der Waals surface area (Å²) in [6, 6.07) is 28.0. The van der Waals surface area contributed by atoms with E-state index in [-0.39, 0.29) is 6.29 Å². The standard InChI is InChI=1S/C29H24N4O3/c1-2-5-20(6-3-1)18-36-24-11-9-23(10-12-24)33-28-25-16-26(30-17-27(25)31-19-32-28)21-7-4-8-22(15-21)29-34-13-14-35-29/h1-12,15-17,19,29H,13-14,18H2,(H,31,32,33). The highest BCUT2D eigenvalue weighted by Crippen LogP contribution is 2.30. The first-order chi connectivity index (χ1) is 17.8. The Kier molecular flexibility index (Phi) is 6.22. The highest BCUT2D eigenvalue weighted by molar-refractivity contribution is 5.92. The van der Waals surface area contributed by atoms with Crippen LogP contribution in [0.1, 0.15) is 17.4 Å². The van der Waals surface area contributed by atoms with E-state index in [2.05, 4.69) is 26.3 Å². The quantitative estimate of drug-likeness (QED) is 0.306. The van der Waals surface area contributed by atoms with E-state index in [0.717, 1.165) is 44.7 Å². The van der Waals surface area contributed by atoms with Crippen molar-refractivity contribution in [1.29, 1.82) is 0 Å². The summed E-state index contributed by atoms with van der Waals surface area (Å²) in [5.74, 6) is 1.51. The number of hydrogen-bond acceptors (Lipinski definition) is 7. The molecule has 0 saturated carbocycles. The largest absolute Gasteiger partial charge is 0.489 e. The highest BCUT2D eigenvalue weighted by Gasteiger charge is 2.19. The zero-order valence-electron chi connectivity index (χ0n) is 19.5. The van der Waals surface area contributed by atoms with E-state index < -0.39 is 0 Å². The van der Waals surface area contributed by atoms with Crippen LogP contribution in [0.25, 0.3) is 22.2 Å². The van der Waals surface area contributed by atoms with Crippen LogP contribution < -0.4 is 10.1 Å². The molecule has 5 aromatic rings. The Morgan fingerprint density at radius 2 is 1.67 bits per heavy atom. The van der Waals surface area contributed by atoms with Crippen LogP contribution in [0.3, 0.4) is 0 Å². The molecule has 7 heteroatoms. The zero-order chi connectivity index (χ0) is 24.2. The minimum Gasteiger partial charge on any atom is -0.489 e. The summed E-state index contributed by atoms with van der Waals surface area (Å²) in [6.07, 6.45) is 2.98. The van der Waals surface area contributed by atoms with E-state index in [0.29, 0.717) is 25.6 Å². The molecule has 0 amide bonds. The van der Waals surface area contributed by atoms with Crippen molar-refractivity contribution in [3.05, 3.63) is 109 Å². The molecule has 2 aromatic heterocycles. The van der Waals surface area contributed by atoms with Gasteiger partial charge in [-0.15, -0.1) is 0 Å². The van der Waals surface area contributed by atoms with Crippen LogP contribution in [-0.2, 0) is 16.1 Å². The first kappa shape index (κ1) is 22.2. The molecule has 0 aliphatic carbocycles. The number of rotatable bonds is 7. The molecule has 0 unspecified atom stereocenters. The number of hydrogen-bond donors (Lipinski definition) is 1. The molecule has 178 valence electrons. The zero-order valence-corrected chi connectivity index (χ0v) is 19.5. The Bertz CT molecular complexity index is 1470. The predicted octanol–water partition coefficient (Wildman–Crippen LogP) is 6.06. The molecular weight excluding hydrogens is 452 g/mol. The lowest BCUT2D eigenvalue weighted by Crippen LogP contribution is -1.99. The molecule has 36 heavy (non-hydrogen) atoms. The molecular formula is C29H24N4O3. The highest BCUT2D eigenvalue weighted by atomic mass is 16.7. The molecule has 3 heterocycles. The molecule has 0 spiro atoms. The van der Waals surface area contributed by atoms with Gasteiger partial charge in [0, 0.05) is 22.2 Å². The van der Waals surface area contributed by atoms with Gasteiger partial charge in [0.05, 0.1) is 30.6 Å². The van der Waals surface area contributed by atoms with Gasteiger partial charge in [-0.05, 0) is 42.0 Å². The number of ether oxygens (including phenoxy) is 3. The smallest absolute Gasteiger partial charge is 0.184 e. The lowest BCUT2D eigenvalue weighted by Gasteiger charge is -2.12. The summed E-state index contributed by atoms with van der Waals surface area (Å²) in [7, 11) is 0. The molecule has 1 aliphatic rings. The summed E-state index contributed by atoms with van der Waals surface area (Å²) >= 11 is 0. The molecule has 7 nitrogen and oxygen atoms in total. The third-order valence-corrected chi connectivity index (χ3v) is 5.96. The van der Waals surface area contributed by atoms with E-state index in [1.807, 2.05) is 78.9 Å². The fraction of sp³-hybridized carbons (Fsp3) is 0.138. The second-order valence-corrected chi connectivity index (χ2v) is 8.43. The molecule has 0 bridgehead atoms. The van der Waals surface area contributed by atoms with Gasteiger partial charge in [0.15, 0.2) is 6.29 Å². The van der Waals surface area contributed by atoms with Crippen LogP contribution >= 0.6 is 0 Å². The summed E-state index contributed by atoms with van der Waals surface area (Å²) < 4.78 is 17.2. The first-order valence-corrected chi connectivity index (χ1v) is 11.8. The third kappa shape index (κ3) is 4.88. The number of anilines is 2. The summed E-state index contributed by atoms with van der Waals surface area (Å²) in [4.78, 5) is 13.5. The molecule has 6 rings (SSSR count). The van der Waals surface area contributed by atoms with Crippen molar-refractivity contribution in [3.8, 4) is 17.0 Å². The molecule has 1 aliphatic heterocycles. The second kappa shape index (κ2) is 10.1. The van der Waals surface area contributed by atoms with Gasteiger partial charge in [-0.1, -0.05) is 48.5 Å². The maximum atomic E-state index is 5.90. The van der Waals surface area contributed by atoms with Crippen LogP contribution in [0.4, 0.5) is 11.5 Å².